The Morgan fingerprint density at radius 2 is 1.43 bits per heavy atom. The number of hydrogen-bond acceptors (Lipinski definition) is 7. The van der Waals surface area contributed by atoms with Crippen LogP contribution in [0, 0.1) is 5.92 Å². The maximum absolute atomic E-state index is 14.9. The van der Waals surface area contributed by atoms with Crippen molar-refractivity contribution in [2.45, 2.75) is 77.0 Å². The number of aromatic nitrogens is 1. The minimum Gasteiger partial charge on any atom is -0.400 e. The van der Waals surface area contributed by atoms with Gasteiger partial charge in [-0.15, -0.1) is 0 Å². The SMILES string of the molecule is CCC(C)[C@@H]1NC(=O)C(Cc2cn(P(=O)(Oc3ccccc3)Oc3ccccc3)c3ccccc23)NC(=O)[C@H](C)NC(=O)[C@H]2CCCCN2C1=O. The number of para-hydroxylation sites is 3. The molecule has 4 amide bonds. The second-order valence-corrected chi connectivity index (χ2v) is 14.9. The van der Waals surface area contributed by atoms with Crippen LogP contribution in [-0.4, -0.2) is 63.6 Å². The van der Waals surface area contributed by atoms with Crippen molar-refractivity contribution in [2.24, 2.45) is 5.92 Å². The summed E-state index contributed by atoms with van der Waals surface area (Å²) in [5.41, 5.74) is 1.10. The zero-order chi connectivity index (χ0) is 36.1. The Kier molecular flexibility index (Phi) is 10.8. The van der Waals surface area contributed by atoms with Crippen LogP contribution in [0.15, 0.2) is 91.1 Å². The summed E-state index contributed by atoms with van der Waals surface area (Å²) >= 11 is 0. The second-order valence-electron chi connectivity index (χ2n) is 13.2. The molecule has 0 aliphatic carbocycles. The monoisotopic (exact) mass is 713 g/mol. The Morgan fingerprint density at radius 3 is 2.08 bits per heavy atom. The first-order valence-electron chi connectivity index (χ1n) is 17.5. The van der Waals surface area contributed by atoms with Gasteiger partial charge in [0.05, 0.1) is 5.52 Å². The van der Waals surface area contributed by atoms with Crippen LogP contribution in [0.25, 0.3) is 10.9 Å². The molecule has 5 atom stereocenters. The Balaban J connectivity index is 1.39. The van der Waals surface area contributed by atoms with Gasteiger partial charge in [0.1, 0.15) is 35.7 Å². The average Bonchev–Trinajstić information content (AvgIpc) is 3.52. The smallest absolute Gasteiger partial charge is 0.400 e. The Bertz CT molecular complexity index is 1890. The van der Waals surface area contributed by atoms with Gasteiger partial charge in [-0.2, -0.15) is 0 Å². The summed E-state index contributed by atoms with van der Waals surface area (Å²) < 4.78 is 28.6. The van der Waals surface area contributed by atoms with E-state index in [1.54, 1.807) is 78.7 Å². The molecule has 13 heteroatoms. The molecule has 3 N–H and O–H groups in total. The van der Waals surface area contributed by atoms with Gasteiger partial charge >= 0.3 is 7.75 Å². The molecule has 0 radical (unpaired) electrons. The van der Waals surface area contributed by atoms with Gasteiger partial charge in [0.15, 0.2) is 0 Å². The summed E-state index contributed by atoms with van der Waals surface area (Å²) in [6.45, 7) is 5.76. The number of nitrogens with one attached hydrogen (secondary N) is 3. The molecule has 268 valence electrons. The van der Waals surface area contributed by atoms with Gasteiger partial charge in [-0.25, -0.2) is 8.90 Å². The van der Waals surface area contributed by atoms with Gasteiger partial charge in [-0.3, -0.25) is 19.2 Å². The van der Waals surface area contributed by atoms with Crippen LogP contribution in [0.1, 0.15) is 52.0 Å². The molecule has 3 heterocycles. The van der Waals surface area contributed by atoms with Gasteiger partial charge < -0.3 is 29.9 Å². The molecule has 51 heavy (non-hydrogen) atoms. The van der Waals surface area contributed by atoms with Gasteiger partial charge in [0.25, 0.3) is 0 Å². The highest BCUT2D eigenvalue weighted by Crippen LogP contribution is 2.52. The minimum absolute atomic E-state index is 0.0316. The summed E-state index contributed by atoms with van der Waals surface area (Å²) in [4.78, 5) is 56.8. The molecule has 0 bridgehead atoms. The predicted octanol–water partition coefficient (Wildman–Crippen LogP) is 5.21. The van der Waals surface area contributed by atoms with Crippen LogP contribution in [0.2, 0.25) is 0 Å². The topological polar surface area (TPSA) is 148 Å². The quantitative estimate of drug-likeness (QED) is 0.202. The molecule has 3 aromatic carbocycles. The summed E-state index contributed by atoms with van der Waals surface area (Å²) in [6, 6.07) is 20.9. The molecule has 2 fully saturated rings. The van der Waals surface area contributed by atoms with E-state index in [-0.39, 0.29) is 18.2 Å². The zero-order valence-corrected chi connectivity index (χ0v) is 29.9. The third kappa shape index (κ3) is 7.81. The van der Waals surface area contributed by atoms with Crippen LogP contribution in [0.5, 0.6) is 11.5 Å². The highest BCUT2D eigenvalue weighted by Gasteiger charge is 2.41. The van der Waals surface area contributed by atoms with E-state index in [0.717, 1.165) is 12.8 Å². The Morgan fingerprint density at radius 1 is 0.804 bits per heavy atom. The van der Waals surface area contributed by atoms with E-state index in [0.29, 0.717) is 47.4 Å². The number of amides is 4. The summed E-state index contributed by atoms with van der Waals surface area (Å²) in [5.74, 6) is -1.40. The molecule has 2 saturated heterocycles. The highest BCUT2D eigenvalue weighted by molar-refractivity contribution is 7.53. The molecule has 2 unspecified atom stereocenters. The van der Waals surface area contributed by atoms with Crippen LogP contribution >= 0.6 is 7.75 Å². The number of carbonyl (C=O) groups is 4. The van der Waals surface area contributed by atoms with E-state index in [4.69, 9.17) is 9.05 Å². The van der Waals surface area contributed by atoms with E-state index in [2.05, 4.69) is 16.0 Å². The molecule has 12 nitrogen and oxygen atoms in total. The van der Waals surface area contributed by atoms with Gasteiger partial charge in [-0.05, 0) is 68.0 Å². The first-order chi connectivity index (χ1) is 24.6. The Labute approximate surface area is 297 Å². The summed E-state index contributed by atoms with van der Waals surface area (Å²) in [7, 11) is -4.19. The number of benzene rings is 3. The molecule has 0 saturated carbocycles. The molecular weight excluding hydrogens is 669 g/mol. The second kappa shape index (κ2) is 15.4. The normalized spacial score (nSPS) is 22.5. The maximum Gasteiger partial charge on any atom is 0.548 e. The number of piperidine rings is 1. The molecule has 1 aromatic heterocycles. The first kappa shape index (κ1) is 35.7. The van der Waals surface area contributed by atoms with Crippen molar-refractivity contribution in [2.75, 3.05) is 6.54 Å². The van der Waals surface area contributed by atoms with Crippen molar-refractivity contribution >= 4 is 42.3 Å². The number of hydrogen-bond donors (Lipinski definition) is 3. The lowest BCUT2D eigenvalue weighted by atomic mass is 9.93. The fourth-order valence-electron chi connectivity index (χ4n) is 6.62. The Hall–Kier alpha value is -5.09. The van der Waals surface area contributed by atoms with Gasteiger partial charge in [-0.1, -0.05) is 74.9 Å². The fourth-order valence-corrected chi connectivity index (χ4v) is 8.33. The molecule has 2 aliphatic heterocycles. The summed E-state index contributed by atoms with van der Waals surface area (Å²) in [6.07, 6.45) is 4.18. The zero-order valence-electron chi connectivity index (χ0n) is 29.0. The van der Waals surface area contributed by atoms with Crippen molar-refractivity contribution in [1.82, 2.24) is 25.2 Å². The van der Waals surface area contributed by atoms with E-state index in [1.807, 2.05) is 38.1 Å². The molecule has 6 rings (SSSR count). The summed E-state index contributed by atoms with van der Waals surface area (Å²) in [5, 5.41) is 9.21. The van der Waals surface area contributed by atoms with Crippen LogP contribution in [-0.2, 0) is 30.2 Å². The molecular formula is C38H44N5O7P. The maximum atomic E-state index is 14.9. The third-order valence-electron chi connectivity index (χ3n) is 9.64. The van der Waals surface area contributed by atoms with E-state index in [9.17, 15) is 23.7 Å². The van der Waals surface area contributed by atoms with Crippen molar-refractivity contribution in [3.63, 3.8) is 0 Å². The van der Waals surface area contributed by atoms with Gasteiger partial charge in [0.2, 0.25) is 23.6 Å². The molecule has 2 aliphatic rings. The van der Waals surface area contributed by atoms with Crippen molar-refractivity contribution in [1.29, 1.82) is 0 Å². The first-order valence-corrected chi connectivity index (χ1v) is 19.0. The lowest BCUT2D eigenvalue weighted by molar-refractivity contribution is -0.147. The highest BCUT2D eigenvalue weighted by atomic mass is 31.2. The van der Waals surface area contributed by atoms with Crippen LogP contribution < -0.4 is 25.0 Å². The average molecular weight is 714 g/mol. The van der Waals surface area contributed by atoms with E-state index in [1.165, 1.54) is 4.34 Å². The number of fused-ring (bicyclic) bond motifs is 2. The molecule has 0 spiro atoms. The van der Waals surface area contributed by atoms with Crippen LogP contribution in [0.3, 0.4) is 0 Å². The van der Waals surface area contributed by atoms with Crippen molar-refractivity contribution in [3.8, 4) is 11.5 Å². The lowest BCUT2D eigenvalue weighted by Gasteiger charge is -2.39. The number of rotatable bonds is 9. The van der Waals surface area contributed by atoms with E-state index < -0.39 is 49.6 Å². The molecule has 4 aromatic rings. The predicted molar refractivity (Wildman–Crippen MR) is 193 cm³/mol. The number of nitrogens with zero attached hydrogens (tertiary/aromatic N) is 2. The van der Waals surface area contributed by atoms with E-state index >= 15 is 0 Å². The van der Waals surface area contributed by atoms with Gasteiger partial charge in [0, 0.05) is 24.5 Å². The standard InChI is InChI=1S/C38H44N5O7P/c1-4-25(2)34-38(47)42-22-14-13-21-33(42)37(46)39-26(3)35(44)40-31(36(45)41-34)23-27-24-43(32-20-12-11-19-30(27)32)51(48,49-28-15-7-5-8-16-28)50-29-17-9-6-10-18-29/h5-12,15-20,24-26,31,33-34H,4,13-14,21-23H2,1-3H3,(H,39,46)(H,40,44)(H,41,45)/t25?,26-,31?,33+,34-/m0/s1. The third-order valence-corrected chi connectivity index (χ3v) is 11.4. The van der Waals surface area contributed by atoms with Crippen molar-refractivity contribution in [3.05, 3.63) is 96.7 Å². The largest absolute Gasteiger partial charge is 0.548 e. The van der Waals surface area contributed by atoms with Crippen molar-refractivity contribution < 1.29 is 32.8 Å². The fraction of sp³-hybridized carbons (Fsp3) is 0.368. The minimum atomic E-state index is -4.19. The number of carbonyl (C=O) groups excluding carboxylic acids is 4. The lowest BCUT2D eigenvalue weighted by Crippen LogP contribution is -2.64. The van der Waals surface area contributed by atoms with Crippen LogP contribution in [0.4, 0.5) is 0 Å².